The van der Waals surface area contributed by atoms with Gasteiger partial charge in [-0.2, -0.15) is 5.10 Å². The Hall–Kier alpha value is -3.65. The molecule has 2 aromatic carbocycles. The van der Waals surface area contributed by atoms with Crippen LogP contribution in [0.5, 0.6) is 5.75 Å². The summed E-state index contributed by atoms with van der Waals surface area (Å²) in [5.41, 5.74) is 3.71. The molecule has 5 rings (SSSR count). The lowest BCUT2D eigenvalue weighted by molar-refractivity contribution is 0.312. The van der Waals surface area contributed by atoms with Crippen molar-refractivity contribution in [2.75, 3.05) is 44.7 Å². The summed E-state index contributed by atoms with van der Waals surface area (Å²) in [6, 6.07) is 15.8. The number of ether oxygens (including phenoxy) is 1. The molecule has 0 atom stereocenters. The maximum atomic E-state index is 13.2. The van der Waals surface area contributed by atoms with Crippen LogP contribution in [-0.4, -0.2) is 64.5 Å². The number of piperazine rings is 1. The Bertz CT molecular complexity index is 1340. The summed E-state index contributed by atoms with van der Waals surface area (Å²) >= 11 is 0. The topological polar surface area (TPSA) is 79.3 Å². The molecule has 3 heterocycles. The van der Waals surface area contributed by atoms with Gasteiger partial charge in [-0.1, -0.05) is 30.3 Å². The molecule has 1 fully saturated rings. The van der Waals surface area contributed by atoms with E-state index in [0.29, 0.717) is 34.9 Å². The van der Waals surface area contributed by atoms with Crippen molar-refractivity contribution in [3.8, 4) is 28.4 Å². The Labute approximate surface area is 192 Å². The second-order valence-corrected chi connectivity index (χ2v) is 8.36. The summed E-state index contributed by atoms with van der Waals surface area (Å²) in [7, 11) is 3.96. The van der Waals surface area contributed by atoms with Gasteiger partial charge in [0.1, 0.15) is 22.7 Å². The molecule has 0 saturated carbocycles. The quantitative estimate of drug-likeness (QED) is 0.510. The van der Waals surface area contributed by atoms with Crippen molar-refractivity contribution in [3.05, 3.63) is 58.9 Å². The van der Waals surface area contributed by atoms with Gasteiger partial charge in [0, 0.05) is 50.5 Å². The van der Waals surface area contributed by atoms with Crippen molar-refractivity contribution in [3.63, 3.8) is 0 Å². The maximum absolute atomic E-state index is 13.2. The van der Waals surface area contributed by atoms with E-state index in [9.17, 15) is 4.79 Å². The van der Waals surface area contributed by atoms with Crippen molar-refractivity contribution in [2.45, 2.75) is 6.92 Å². The van der Waals surface area contributed by atoms with Crippen molar-refractivity contribution in [2.24, 2.45) is 7.05 Å². The Morgan fingerprint density at radius 3 is 2.52 bits per heavy atom. The Morgan fingerprint density at radius 1 is 1.03 bits per heavy atom. The zero-order valence-corrected chi connectivity index (χ0v) is 19.2. The Balaban J connectivity index is 1.59. The number of aromatic amines is 1. The van der Waals surface area contributed by atoms with E-state index in [1.807, 2.05) is 56.4 Å². The van der Waals surface area contributed by atoms with Gasteiger partial charge in [0.25, 0.3) is 5.56 Å². The van der Waals surface area contributed by atoms with Crippen LogP contribution in [0.4, 0.5) is 5.69 Å². The molecule has 0 unspecified atom stereocenters. The lowest BCUT2D eigenvalue weighted by atomic mass is 10.1. The van der Waals surface area contributed by atoms with E-state index in [4.69, 9.17) is 9.72 Å². The van der Waals surface area contributed by atoms with Crippen LogP contribution in [0.15, 0.2) is 53.3 Å². The number of aryl methyl sites for hydroxylation is 1. The second kappa shape index (κ2) is 8.71. The van der Waals surface area contributed by atoms with Crippen LogP contribution in [0.2, 0.25) is 0 Å². The van der Waals surface area contributed by atoms with Gasteiger partial charge in [-0.3, -0.25) is 4.79 Å². The molecule has 2 aromatic heterocycles. The van der Waals surface area contributed by atoms with Crippen molar-refractivity contribution < 1.29 is 4.74 Å². The minimum atomic E-state index is -0.215. The Kier molecular flexibility index (Phi) is 5.60. The van der Waals surface area contributed by atoms with E-state index in [-0.39, 0.29) is 5.56 Å². The third-order valence-electron chi connectivity index (χ3n) is 6.13. The molecule has 1 aliphatic rings. The zero-order chi connectivity index (χ0) is 22.9. The summed E-state index contributed by atoms with van der Waals surface area (Å²) in [6.45, 7) is 6.48. The van der Waals surface area contributed by atoms with Gasteiger partial charge in [0.2, 0.25) is 0 Å². The number of aromatic nitrogens is 4. The normalized spacial score (nSPS) is 14.7. The Morgan fingerprint density at radius 2 is 1.79 bits per heavy atom. The predicted octanol–water partition coefficient (Wildman–Crippen LogP) is 3.14. The third kappa shape index (κ3) is 3.98. The minimum Gasteiger partial charge on any atom is -0.493 e. The predicted molar refractivity (Wildman–Crippen MR) is 131 cm³/mol. The lowest BCUT2D eigenvalue weighted by Gasteiger charge is -2.34. The average molecular weight is 445 g/mol. The number of hydrogen-bond acceptors (Lipinski definition) is 6. The lowest BCUT2D eigenvalue weighted by Crippen LogP contribution is -2.44. The summed E-state index contributed by atoms with van der Waals surface area (Å²) in [5.74, 6) is 1.19. The van der Waals surface area contributed by atoms with Gasteiger partial charge >= 0.3 is 0 Å². The molecule has 170 valence electrons. The van der Waals surface area contributed by atoms with E-state index < -0.39 is 0 Å². The highest BCUT2D eigenvalue weighted by Gasteiger charge is 2.20. The summed E-state index contributed by atoms with van der Waals surface area (Å²) < 4.78 is 7.64. The molecule has 0 amide bonds. The zero-order valence-electron chi connectivity index (χ0n) is 19.2. The van der Waals surface area contributed by atoms with Crippen LogP contribution < -0.4 is 15.2 Å². The van der Waals surface area contributed by atoms with Crippen molar-refractivity contribution in [1.82, 2.24) is 24.6 Å². The summed E-state index contributed by atoms with van der Waals surface area (Å²) in [4.78, 5) is 25.6. The maximum Gasteiger partial charge on any atom is 0.262 e. The number of likely N-dealkylation sites (N-methyl/N-ethyl adjacent to an activating group) is 1. The molecule has 0 aliphatic carbocycles. The van der Waals surface area contributed by atoms with Gasteiger partial charge < -0.3 is 19.5 Å². The highest BCUT2D eigenvalue weighted by Crippen LogP contribution is 2.33. The first-order chi connectivity index (χ1) is 16.0. The number of nitrogens with zero attached hydrogens (tertiary/aromatic N) is 5. The monoisotopic (exact) mass is 444 g/mol. The molecule has 33 heavy (non-hydrogen) atoms. The smallest absolute Gasteiger partial charge is 0.262 e. The SMILES string of the molecule is CCOc1cc(N2CCN(C)CC2)ccc1-c1nc2c(c(-c3ccccc3)nn2C)c(=O)[nH]1. The van der Waals surface area contributed by atoms with Crippen LogP contribution in [-0.2, 0) is 7.05 Å². The molecule has 0 spiro atoms. The van der Waals surface area contributed by atoms with Gasteiger partial charge in [-0.25, -0.2) is 9.67 Å². The average Bonchev–Trinajstić information content (AvgIpc) is 3.17. The first kappa shape index (κ1) is 21.2. The molecule has 0 bridgehead atoms. The highest BCUT2D eigenvalue weighted by atomic mass is 16.5. The highest BCUT2D eigenvalue weighted by molar-refractivity contribution is 5.91. The minimum absolute atomic E-state index is 0.215. The fourth-order valence-electron chi connectivity index (χ4n) is 4.32. The standard InChI is InChI=1S/C25H28N6O2/c1-4-33-20-16-18(31-14-12-29(2)13-15-31)10-11-19(20)23-26-24-21(25(32)27-23)22(28-30(24)3)17-8-6-5-7-9-17/h5-11,16H,4,12-15H2,1-3H3,(H,26,27,32). The number of rotatable bonds is 5. The van der Waals surface area contributed by atoms with E-state index >= 15 is 0 Å². The van der Waals surface area contributed by atoms with E-state index in [2.05, 4.69) is 33.0 Å². The van der Waals surface area contributed by atoms with Crippen LogP contribution in [0.25, 0.3) is 33.7 Å². The van der Waals surface area contributed by atoms with E-state index in [0.717, 1.165) is 43.0 Å². The summed E-state index contributed by atoms with van der Waals surface area (Å²) in [5, 5.41) is 5.07. The molecule has 1 aliphatic heterocycles. The second-order valence-electron chi connectivity index (χ2n) is 8.36. The molecule has 4 aromatic rings. The fraction of sp³-hybridized carbons (Fsp3) is 0.320. The molecule has 0 radical (unpaired) electrons. The molecular weight excluding hydrogens is 416 g/mol. The van der Waals surface area contributed by atoms with Gasteiger partial charge in [0.05, 0.1) is 12.2 Å². The van der Waals surface area contributed by atoms with E-state index in [1.165, 1.54) is 0 Å². The fourth-order valence-corrected chi connectivity index (χ4v) is 4.32. The number of nitrogens with one attached hydrogen (secondary N) is 1. The first-order valence-corrected chi connectivity index (χ1v) is 11.3. The largest absolute Gasteiger partial charge is 0.493 e. The number of H-pyrrole nitrogens is 1. The number of fused-ring (bicyclic) bond motifs is 1. The van der Waals surface area contributed by atoms with E-state index in [1.54, 1.807) is 4.68 Å². The summed E-state index contributed by atoms with van der Waals surface area (Å²) in [6.07, 6.45) is 0. The van der Waals surface area contributed by atoms with Crippen LogP contribution in [0.1, 0.15) is 6.92 Å². The van der Waals surface area contributed by atoms with Crippen LogP contribution in [0, 0.1) is 0 Å². The van der Waals surface area contributed by atoms with Crippen LogP contribution in [0.3, 0.4) is 0 Å². The van der Waals surface area contributed by atoms with Gasteiger partial charge in [0.15, 0.2) is 5.65 Å². The van der Waals surface area contributed by atoms with Crippen LogP contribution >= 0.6 is 0 Å². The van der Waals surface area contributed by atoms with Crippen molar-refractivity contribution in [1.29, 1.82) is 0 Å². The molecule has 8 heteroatoms. The van der Waals surface area contributed by atoms with Gasteiger partial charge in [-0.15, -0.1) is 0 Å². The number of hydrogen-bond donors (Lipinski definition) is 1. The molecule has 8 nitrogen and oxygen atoms in total. The number of anilines is 1. The molecule has 1 saturated heterocycles. The number of benzene rings is 2. The molecule has 1 N–H and O–H groups in total. The van der Waals surface area contributed by atoms with Gasteiger partial charge in [-0.05, 0) is 26.1 Å². The van der Waals surface area contributed by atoms with Crippen molar-refractivity contribution >= 4 is 16.7 Å². The first-order valence-electron chi connectivity index (χ1n) is 11.3. The molecular formula is C25H28N6O2. The third-order valence-corrected chi connectivity index (χ3v) is 6.13.